The first-order valence-corrected chi connectivity index (χ1v) is 10.4. The average molecular weight is 401 g/mol. The van der Waals surface area contributed by atoms with Crippen LogP contribution in [0.15, 0.2) is 18.2 Å². The molecule has 4 fully saturated rings. The third-order valence-electron chi connectivity index (χ3n) is 7.02. The Morgan fingerprint density at radius 1 is 1.21 bits per heavy atom. The number of carbonyl (C=O) groups is 2. The monoisotopic (exact) mass is 401 g/mol. The molecule has 29 heavy (non-hydrogen) atoms. The molecule has 0 spiro atoms. The lowest BCUT2D eigenvalue weighted by Crippen LogP contribution is -2.59. The number of fused-ring (bicyclic) bond motifs is 1. The highest BCUT2D eigenvalue weighted by Crippen LogP contribution is 2.62. The summed E-state index contributed by atoms with van der Waals surface area (Å²) >= 11 is 0. The van der Waals surface area contributed by atoms with E-state index in [1.54, 1.807) is 6.92 Å². The van der Waals surface area contributed by atoms with Gasteiger partial charge in [-0.25, -0.2) is 0 Å². The second-order valence-electron chi connectivity index (χ2n) is 9.42. The predicted molar refractivity (Wildman–Crippen MR) is 102 cm³/mol. The first kappa shape index (κ1) is 18.7. The van der Waals surface area contributed by atoms with Crippen LogP contribution in [-0.4, -0.2) is 35.5 Å². The van der Waals surface area contributed by atoms with Gasteiger partial charge in [-0.1, -0.05) is 6.07 Å². The summed E-state index contributed by atoms with van der Waals surface area (Å²) < 4.78 is 16.2. The minimum absolute atomic E-state index is 0.205. The van der Waals surface area contributed by atoms with E-state index in [4.69, 9.17) is 14.2 Å². The van der Waals surface area contributed by atoms with Crippen LogP contribution in [0.3, 0.4) is 0 Å². The van der Waals surface area contributed by atoms with Crippen LogP contribution in [0.1, 0.15) is 51.0 Å². The molecular formula is C22H27NO6. The van der Waals surface area contributed by atoms with Gasteiger partial charge in [0.05, 0.1) is 11.0 Å². The Hall–Kier alpha value is -2.28. The highest BCUT2D eigenvalue weighted by atomic mass is 16.7. The normalized spacial score (nSPS) is 34.7. The van der Waals surface area contributed by atoms with Crippen LogP contribution in [0.5, 0.6) is 11.5 Å². The van der Waals surface area contributed by atoms with E-state index in [0.29, 0.717) is 36.3 Å². The van der Waals surface area contributed by atoms with Crippen LogP contribution in [0, 0.1) is 17.3 Å². The zero-order chi connectivity index (χ0) is 20.2. The lowest BCUT2D eigenvalue weighted by atomic mass is 9.48. The number of rotatable bonds is 5. The molecule has 1 aromatic carbocycles. The fraction of sp³-hybridized carbons (Fsp3) is 0.636. The SMILES string of the molecule is C[C@@H](OC(=O)C12C[C@@H]3C[C@@H](CC(O)(C3)C1)C2)C(=O)NCc1ccc2c(c1)OCO2. The fourth-order valence-electron chi connectivity index (χ4n) is 6.18. The molecule has 0 saturated heterocycles. The van der Waals surface area contributed by atoms with Gasteiger partial charge in [-0.05, 0) is 75.0 Å². The summed E-state index contributed by atoms with van der Waals surface area (Å²) in [6.07, 6.45) is 3.83. The third-order valence-corrected chi connectivity index (χ3v) is 7.02. The van der Waals surface area contributed by atoms with Gasteiger partial charge >= 0.3 is 5.97 Å². The van der Waals surface area contributed by atoms with Crippen molar-refractivity contribution in [3.05, 3.63) is 23.8 Å². The molecule has 1 aliphatic heterocycles. The molecule has 7 heteroatoms. The summed E-state index contributed by atoms with van der Waals surface area (Å²) in [5.74, 6) is 1.48. The van der Waals surface area contributed by atoms with Gasteiger partial charge in [0, 0.05) is 6.54 Å². The third kappa shape index (κ3) is 3.35. The first-order chi connectivity index (χ1) is 13.8. The van der Waals surface area contributed by atoms with E-state index < -0.39 is 17.1 Å². The Morgan fingerprint density at radius 2 is 1.93 bits per heavy atom. The van der Waals surface area contributed by atoms with E-state index in [1.165, 1.54) is 0 Å². The van der Waals surface area contributed by atoms with E-state index in [1.807, 2.05) is 18.2 Å². The number of carbonyl (C=O) groups excluding carboxylic acids is 2. The van der Waals surface area contributed by atoms with Gasteiger partial charge in [-0.3, -0.25) is 9.59 Å². The van der Waals surface area contributed by atoms with E-state index in [0.717, 1.165) is 37.7 Å². The smallest absolute Gasteiger partial charge is 0.312 e. The van der Waals surface area contributed by atoms with Gasteiger partial charge in [0.1, 0.15) is 0 Å². The maximum absolute atomic E-state index is 13.0. The Bertz CT molecular complexity index is 838. The van der Waals surface area contributed by atoms with E-state index in [-0.39, 0.29) is 18.7 Å². The van der Waals surface area contributed by atoms with Gasteiger partial charge < -0.3 is 24.6 Å². The molecular weight excluding hydrogens is 374 g/mol. The average Bonchev–Trinajstić information content (AvgIpc) is 3.11. The number of benzene rings is 1. The summed E-state index contributed by atoms with van der Waals surface area (Å²) in [5.41, 5.74) is -0.469. The van der Waals surface area contributed by atoms with Crippen LogP contribution >= 0.6 is 0 Å². The highest BCUT2D eigenvalue weighted by Gasteiger charge is 2.61. The molecule has 2 unspecified atom stereocenters. The maximum Gasteiger partial charge on any atom is 0.312 e. The summed E-state index contributed by atoms with van der Waals surface area (Å²) in [6, 6.07) is 5.50. The van der Waals surface area contributed by atoms with Crippen molar-refractivity contribution in [3.8, 4) is 11.5 Å². The Balaban J connectivity index is 1.18. The van der Waals surface area contributed by atoms with Gasteiger partial charge in [-0.2, -0.15) is 0 Å². The highest BCUT2D eigenvalue weighted by molar-refractivity contribution is 5.85. The molecule has 1 aromatic rings. The van der Waals surface area contributed by atoms with Gasteiger partial charge in [0.15, 0.2) is 17.6 Å². The molecule has 0 radical (unpaired) electrons. The Kier molecular flexibility index (Phi) is 4.28. The summed E-state index contributed by atoms with van der Waals surface area (Å²) in [7, 11) is 0. The van der Waals surface area contributed by atoms with Crippen LogP contribution in [0.4, 0.5) is 0 Å². The molecule has 5 atom stereocenters. The second-order valence-corrected chi connectivity index (χ2v) is 9.42. The summed E-state index contributed by atoms with van der Waals surface area (Å²) in [5, 5.41) is 13.6. The van der Waals surface area contributed by atoms with Crippen molar-refractivity contribution in [1.82, 2.24) is 5.32 Å². The topological polar surface area (TPSA) is 94.1 Å². The molecule has 6 rings (SSSR count). The zero-order valence-electron chi connectivity index (χ0n) is 16.6. The van der Waals surface area contributed by atoms with E-state index in [2.05, 4.69) is 5.32 Å². The Morgan fingerprint density at radius 3 is 2.66 bits per heavy atom. The minimum Gasteiger partial charge on any atom is -0.454 e. The molecule has 156 valence electrons. The number of hydrogen-bond acceptors (Lipinski definition) is 6. The molecule has 1 heterocycles. The van der Waals surface area contributed by atoms with Crippen molar-refractivity contribution in [2.45, 2.75) is 63.7 Å². The van der Waals surface area contributed by atoms with Crippen LogP contribution in [-0.2, 0) is 20.9 Å². The van der Waals surface area contributed by atoms with Crippen molar-refractivity contribution in [2.75, 3.05) is 6.79 Å². The number of nitrogens with one attached hydrogen (secondary N) is 1. The molecule has 2 N–H and O–H groups in total. The largest absolute Gasteiger partial charge is 0.454 e. The maximum atomic E-state index is 13.0. The minimum atomic E-state index is -0.876. The summed E-state index contributed by atoms with van der Waals surface area (Å²) in [6.45, 7) is 2.12. The van der Waals surface area contributed by atoms with Crippen molar-refractivity contribution in [3.63, 3.8) is 0 Å². The first-order valence-electron chi connectivity index (χ1n) is 10.4. The predicted octanol–water partition coefficient (Wildman–Crippen LogP) is 2.29. The molecule has 0 aromatic heterocycles. The lowest BCUT2D eigenvalue weighted by Gasteiger charge is -2.58. The molecule has 4 saturated carbocycles. The molecule has 4 bridgehead atoms. The van der Waals surface area contributed by atoms with Crippen LogP contribution in [0.25, 0.3) is 0 Å². The molecule has 7 nitrogen and oxygen atoms in total. The number of hydrogen-bond donors (Lipinski definition) is 2. The van der Waals surface area contributed by atoms with Crippen LogP contribution in [0.2, 0.25) is 0 Å². The van der Waals surface area contributed by atoms with E-state index in [9.17, 15) is 14.7 Å². The molecule has 4 aliphatic carbocycles. The van der Waals surface area contributed by atoms with Crippen molar-refractivity contribution in [2.24, 2.45) is 17.3 Å². The summed E-state index contributed by atoms with van der Waals surface area (Å²) in [4.78, 5) is 25.5. The quantitative estimate of drug-likeness (QED) is 0.736. The second kappa shape index (κ2) is 6.62. The van der Waals surface area contributed by atoms with Crippen molar-refractivity contribution >= 4 is 11.9 Å². The van der Waals surface area contributed by atoms with Gasteiger partial charge in [0.2, 0.25) is 6.79 Å². The lowest BCUT2D eigenvalue weighted by molar-refractivity contribution is -0.200. The van der Waals surface area contributed by atoms with E-state index >= 15 is 0 Å². The number of esters is 1. The number of aliphatic hydroxyl groups is 1. The molecule has 5 aliphatic rings. The number of amides is 1. The fourth-order valence-corrected chi connectivity index (χ4v) is 6.18. The molecule has 1 amide bonds. The van der Waals surface area contributed by atoms with Crippen molar-refractivity contribution < 1.29 is 28.9 Å². The van der Waals surface area contributed by atoms with Gasteiger partial charge in [-0.15, -0.1) is 0 Å². The zero-order valence-corrected chi connectivity index (χ0v) is 16.6. The van der Waals surface area contributed by atoms with Crippen LogP contribution < -0.4 is 14.8 Å². The van der Waals surface area contributed by atoms with Gasteiger partial charge in [0.25, 0.3) is 5.91 Å². The standard InChI is InChI=1S/C22H27NO6/c1-13(19(24)23-10-14-2-3-17-18(5-14)28-12-27-17)29-20(25)21-6-15-4-16(7-21)9-22(26,8-15)11-21/h2-3,5,13,15-16,26H,4,6-12H2,1H3,(H,23,24)/t13-,15-,16+,21?,22?/m1/s1. The Labute approximate surface area is 169 Å². The number of ether oxygens (including phenoxy) is 3. The van der Waals surface area contributed by atoms with Crippen molar-refractivity contribution in [1.29, 1.82) is 0 Å².